The third-order valence-corrected chi connectivity index (χ3v) is 3.84. The van der Waals surface area contributed by atoms with Gasteiger partial charge in [-0.1, -0.05) is 6.07 Å². The second-order valence-electron chi connectivity index (χ2n) is 4.94. The number of nitrogens with zero attached hydrogens (tertiary/aromatic N) is 2. The number of carbonyl (C=O) groups is 1. The van der Waals surface area contributed by atoms with Gasteiger partial charge in [-0.05, 0) is 31.5 Å². The largest absolute Gasteiger partial charge is 0.379 e. The van der Waals surface area contributed by atoms with Crippen LogP contribution in [-0.2, 0) is 6.54 Å². The van der Waals surface area contributed by atoms with Gasteiger partial charge in [0.15, 0.2) is 0 Å². The highest BCUT2D eigenvalue weighted by atomic mass is 32.1. The first-order chi connectivity index (χ1) is 9.47. The van der Waals surface area contributed by atoms with Gasteiger partial charge in [0.05, 0.1) is 17.2 Å². The van der Waals surface area contributed by atoms with Crippen molar-refractivity contribution < 1.29 is 4.79 Å². The van der Waals surface area contributed by atoms with Crippen molar-refractivity contribution in [3.05, 3.63) is 45.4 Å². The Bertz CT molecular complexity index is 619. The normalized spacial score (nSPS) is 10.4. The molecule has 0 bridgehead atoms. The van der Waals surface area contributed by atoms with Crippen molar-refractivity contribution in [2.75, 3.05) is 19.4 Å². The summed E-state index contributed by atoms with van der Waals surface area (Å²) >= 11 is 1.64. The molecular weight excluding hydrogens is 270 g/mol. The third kappa shape index (κ3) is 3.36. The van der Waals surface area contributed by atoms with Crippen LogP contribution in [0.25, 0.3) is 0 Å². The summed E-state index contributed by atoms with van der Waals surface area (Å²) in [7, 11) is 3.51. The summed E-state index contributed by atoms with van der Waals surface area (Å²) in [4.78, 5) is 18.0. The number of carbonyl (C=O) groups excluding carboxylic acids is 1. The molecule has 5 heteroatoms. The topological polar surface area (TPSA) is 45.2 Å². The average Bonchev–Trinajstić information content (AvgIpc) is 2.82. The van der Waals surface area contributed by atoms with Crippen molar-refractivity contribution in [1.82, 2.24) is 9.88 Å². The maximum absolute atomic E-state index is 12.0. The number of rotatable bonds is 4. The second-order valence-corrected chi connectivity index (χ2v) is 6.00. The van der Waals surface area contributed by atoms with Crippen molar-refractivity contribution in [1.29, 1.82) is 0 Å². The van der Waals surface area contributed by atoms with Crippen molar-refractivity contribution in [2.45, 2.75) is 20.4 Å². The molecule has 0 aliphatic heterocycles. The van der Waals surface area contributed by atoms with Gasteiger partial charge in [0.1, 0.15) is 0 Å². The predicted molar refractivity (Wildman–Crippen MR) is 83.4 cm³/mol. The van der Waals surface area contributed by atoms with E-state index in [1.165, 1.54) is 0 Å². The monoisotopic (exact) mass is 289 g/mol. The molecule has 1 aromatic carbocycles. The summed E-state index contributed by atoms with van der Waals surface area (Å²) in [6, 6.07) is 5.72. The molecule has 0 atom stereocenters. The van der Waals surface area contributed by atoms with E-state index in [2.05, 4.69) is 10.3 Å². The van der Waals surface area contributed by atoms with E-state index in [-0.39, 0.29) is 5.91 Å². The molecule has 0 aliphatic carbocycles. The minimum Gasteiger partial charge on any atom is -0.379 e. The zero-order chi connectivity index (χ0) is 14.7. The van der Waals surface area contributed by atoms with E-state index in [0.29, 0.717) is 12.1 Å². The Hall–Kier alpha value is -1.88. The van der Waals surface area contributed by atoms with Crippen LogP contribution in [0, 0.1) is 13.8 Å². The van der Waals surface area contributed by atoms with Crippen LogP contribution in [0.1, 0.15) is 26.6 Å². The van der Waals surface area contributed by atoms with Crippen LogP contribution in [0.15, 0.2) is 23.6 Å². The van der Waals surface area contributed by atoms with E-state index in [4.69, 9.17) is 0 Å². The highest BCUT2D eigenvalue weighted by Crippen LogP contribution is 2.19. The lowest BCUT2D eigenvalue weighted by molar-refractivity contribution is 0.0827. The summed E-state index contributed by atoms with van der Waals surface area (Å²) in [5.41, 5.74) is 3.81. The molecule has 106 valence electrons. The number of thiazole rings is 1. The fraction of sp³-hybridized carbons (Fsp3) is 0.333. The Morgan fingerprint density at radius 2 is 2.10 bits per heavy atom. The predicted octanol–water partition coefficient (Wildman–Crippen LogP) is 3.07. The van der Waals surface area contributed by atoms with Crippen LogP contribution in [0.4, 0.5) is 5.69 Å². The molecule has 1 N–H and O–H groups in total. The molecule has 0 saturated carbocycles. The first kappa shape index (κ1) is 14.5. The molecule has 2 aromatic rings. The lowest BCUT2D eigenvalue weighted by Crippen LogP contribution is -2.21. The summed E-state index contributed by atoms with van der Waals surface area (Å²) in [6.45, 7) is 4.69. The van der Waals surface area contributed by atoms with E-state index >= 15 is 0 Å². The molecule has 1 aromatic heterocycles. The lowest BCUT2D eigenvalue weighted by atomic mass is 10.1. The molecule has 0 radical (unpaired) electrons. The minimum atomic E-state index is 0.0116. The number of nitrogens with one attached hydrogen (secondary N) is 1. The molecule has 1 heterocycles. The van der Waals surface area contributed by atoms with Crippen LogP contribution >= 0.6 is 11.3 Å². The smallest absolute Gasteiger partial charge is 0.253 e. The van der Waals surface area contributed by atoms with Gasteiger partial charge < -0.3 is 10.2 Å². The van der Waals surface area contributed by atoms with Crippen molar-refractivity contribution in [2.24, 2.45) is 0 Å². The van der Waals surface area contributed by atoms with Crippen LogP contribution in [0.5, 0.6) is 0 Å². The maximum Gasteiger partial charge on any atom is 0.253 e. The Morgan fingerprint density at radius 1 is 1.35 bits per heavy atom. The van der Waals surface area contributed by atoms with Crippen molar-refractivity contribution in [3.8, 4) is 0 Å². The molecule has 0 spiro atoms. The molecule has 0 saturated heterocycles. The standard InChI is InChI=1S/C15H19N3OS/c1-10-5-6-12(15(19)18(3)4)7-14(10)16-8-13-9-20-11(2)17-13/h5-7,9,16H,8H2,1-4H3. The zero-order valence-electron chi connectivity index (χ0n) is 12.2. The Balaban J connectivity index is 2.14. The second kappa shape index (κ2) is 6.05. The van der Waals surface area contributed by atoms with Gasteiger partial charge in [-0.15, -0.1) is 11.3 Å². The van der Waals surface area contributed by atoms with E-state index < -0.39 is 0 Å². The number of anilines is 1. The Labute approximate surface area is 123 Å². The number of benzene rings is 1. The van der Waals surface area contributed by atoms with Gasteiger partial charge in [-0.3, -0.25) is 4.79 Å². The molecule has 4 nitrogen and oxygen atoms in total. The van der Waals surface area contributed by atoms with Crippen LogP contribution < -0.4 is 5.32 Å². The molecule has 2 rings (SSSR count). The van der Waals surface area contributed by atoms with E-state index in [9.17, 15) is 4.79 Å². The number of hydrogen-bond acceptors (Lipinski definition) is 4. The number of aryl methyl sites for hydroxylation is 2. The highest BCUT2D eigenvalue weighted by Gasteiger charge is 2.10. The third-order valence-electron chi connectivity index (χ3n) is 3.02. The first-order valence-corrected chi connectivity index (χ1v) is 7.32. The molecule has 20 heavy (non-hydrogen) atoms. The van der Waals surface area contributed by atoms with E-state index in [1.807, 2.05) is 37.4 Å². The molecule has 0 fully saturated rings. The molecular formula is C15H19N3OS. The number of aromatic nitrogens is 1. The SMILES string of the molecule is Cc1nc(CNc2cc(C(=O)N(C)C)ccc2C)cs1. The Kier molecular flexibility index (Phi) is 4.39. The average molecular weight is 289 g/mol. The zero-order valence-corrected chi connectivity index (χ0v) is 13.0. The van der Waals surface area contributed by atoms with Gasteiger partial charge in [0.25, 0.3) is 5.91 Å². The van der Waals surface area contributed by atoms with Crippen molar-refractivity contribution in [3.63, 3.8) is 0 Å². The summed E-state index contributed by atoms with van der Waals surface area (Å²) in [5, 5.41) is 6.46. The minimum absolute atomic E-state index is 0.0116. The first-order valence-electron chi connectivity index (χ1n) is 6.44. The molecule has 0 unspecified atom stereocenters. The molecule has 1 amide bonds. The van der Waals surface area contributed by atoms with Gasteiger partial charge in [0.2, 0.25) is 0 Å². The number of hydrogen-bond donors (Lipinski definition) is 1. The lowest BCUT2D eigenvalue weighted by Gasteiger charge is -2.13. The van der Waals surface area contributed by atoms with Crippen LogP contribution in [0.3, 0.4) is 0 Å². The van der Waals surface area contributed by atoms with E-state index in [1.54, 1.807) is 30.3 Å². The van der Waals surface area contributed by atoms with Gasteiger partial charge >= 0.3 is 0 Å². The fourth-order valence-electron chi connectivity index (χ4n) is 1.88. The summed E-state index contributed by atoms with van der Waals surface area (Å²) < 4.78 is 0. The number of amides is 1. The summed E-state index contributed by atoms with van der Waals surface area (Å²) in [6.07, 6.45) is 0. The highest BCUT2D eigenvalue weighted by molar-refractivity contribution is 7.09. The van der Waals surface area contributed by atoms with Gasteiger partial charge in [0, 0.05) is 30.7 Å². The van der Waals surface area contributed by atoms with Gasteiger partial charge in [-0.25, -0.2) is 4.98 Å². The maximum atomic E-state index is 12.0. The van der Waals surface area contributed by atoms with Crippen LogP contribution in [0.2, 0.25) is 0 Å². The fourth-order valence-corrected chi connectivity index (χ4v) is 2.49. The van der Waals surface area contributed by atoms with E-state index in [0.717, 1.165) is 22.0 Å². The van der Waals surface area contributed by atoms with Gasteiger partial charge in [-0.2, -0.15) is 0 Å². The van der Waals surface area contributed by atoms with Crippen LogP contribution in [-0.4, -0.2) is 29.9 Å². The summed E-state index contributed by atoms with van der Waals surface area (Å²) in [5.74, 6) is 0.0116. The Morgan fingerprint density at radius 3 is 2.70 bits per heavy atom. The van der Waals surface area contributed by atoms with Crippen molar-refractivity contribution >= 4 is 22.9 Å². The molecule has 0 aliphatic rings. The quantitative estimate of drug-likeness (QED) is 0.941.